The molecule has 0 radical (unpaired) electrons. The van der Waals surface area contributed by atoms with Crippen molar-refractivity contribution in [2.45, 2.75) is 33.3 Å². The molecule has 2 N–H and O–H groups in total. The average molecular weight is 588 g/mol. The van der Waals surface area contributed by atoms with E-state index in [-0.39, 0.29) is 23.5 Å². The molecule has 1 amide bonds. The summed E-state index contributed by atoms with van der Waals surface area (Å²) in [6, 6.07) is 11.6. The summed E-state index contributed by atoms with van der Waals surface area (Å²) >= 11 is 0. The molecule has 2 aromatic heterocycles. The van der Waals surface area contributed by atoms with Gasteiger partial charge in [-0.2, -0.15) is 0 Å². The molecule has 0 spiro atoms. The number of aromatic nitrogens is 3. The van der Waals surface area contributed by atoms with Crippen molar-refractivity contribution in [3.8, 4) is 17.0 Å². The predicted molar refractivity (Wildman–Crippen MR) is 172 cm³/mol. The highest BCUT2D eigenvalue weighted by Gasteiger charge is 2.23. The molecule has 0 aliphatic heterocycles. The number of nitrogens with zero attached hydrogens (tertiary/aromatic N) is 5. The van der Waals surface area contributed by atoms with Crippen LogP contribution in [-0.4, -0.2) is 78.8 Å². The molecular weight excluding hydrogens is 546 g/mol. The van der Waals surface area contributed by atoms with Crippen molar-refractivity contribution < 1.29 is 19.1 Å². The lowest BCUT2D eigenvalue weighted by Gasteiger charge is -2.26. The van der Waals surface area contributed by atoms with Crippen LogP contribution in [0.15, 0.2) is 48.8 Å². The molecule has 0 saturated carbocycles. The molecule has 0 unspecified atom stereocenters. The Kier molecular flexibility index (Phi) is 9.87. The van der Waals surface area contributed by atoms with E-state index in [0.717, 1.165) is 35.2 Å². The summed E-state index contributed by atoms with van der Waals surface area (Å²) in [5.41, 5.74) is 4.48. The highest BCUT2D eigenvalue weighted by Crippen LogP contribution is 2.39. The molecule has 0 fully saturated rings. The maximum absolute atomic E-state index is 13.1. The maximum Gasteiger partial charge on any atom is 0.342 e. The van der Waals surface area contributed by atoms with E-state index in [1.54, 1.807) is 21.0 Å². The first kappa shape index (κ1) is 31.3. The van der Waals surface area contributed by atoms with Crippen LogP contribution < -0.4 is 20.3 Å². The van der Waals surface area contributed by atoms with Crippen molar-refractivity contribution in [1.29, 1.82) is 0 Å². The minimum atomic E-state index is -0.503. The normalized spacial score (nSPS) is 11.2. The van der Waals surface area contributed by atoms with Crippen LogP contribution in [0.25, 0.3) is 22.2 Å². The number of carbonyl (C=O) groups excluding carboxylic acids is 2. The van der Waals surface area contributed by atoms with E-state index in [0.29, 0.717) is 29.2 Å². The number of ether oxygens (including phenoxy) is 2. The fourth-order valence-corrected chi connectivity index (χ4v) is 4.69. The average Bonchev–Trinajstić information content (AvgIpc) is 3.31. The van der Waals surface area contributed by atoms with Crippen molar-refractivity contribution in [2.75, 3.05) is 56.9 Å². The van der Waals surface area contributed by atoms with E-state index in [1.807, 2.05) is 82.3 Å². The van der Waals surface area contributed by atoms with E-state index in [9.17, 15) is 9.59 Å². The van der Waals surface area contributed by atoms with Gasteiger partial charge in [0.2, 0.25) is 11.9 Å². The smallest absolute Gasteiger partial charge is 0.342 e. The Bertz CT molecular complexity index is 1610. The second-order valence-electron chi connectivity index (χ2n) is 10.9. The first-order valence-electron chi connectivity index (χ1n) is 14.3. The number of nitrogens with one attached hydrogen (secondary N) is 2. The van der Waals surface area contributed by atoms with Crippen LogP contribution in [0, 0.1) is 0 Å². The lowest BCUT2D eigenvalue weighted by Crippen LogP contribution is -2.29. The Balaban J connectivity index is 1.81. The third kappa shape index (κ3) is 7.23. The summed E-state index contributed by atoms with van der Waals surface area (Å²) in [5.74, 6) is 0.182. The second-order valence-corrected chi connectivity index (χ2v) is 10.9. The molecule has 4 rings (SSSR count). The highest BCUT2D eigenvalue weighted by atomic mass is 16.5. The Morgan fingerprint density at radius 3 is 2.49 bits per heavy atom. The summed E-state index contributed by atoms with van der Waals surface area (Å²) in [6.45, 7) is 6.98. The van der Waals surface area contributed by atoms with Gasteiger partial charge >= 0.3 is 5.97 Å². The number of benzene rings is 2. The molecule has 4 aromatic rings. The molecule has 0 aliphatic carbocycles. The zero-order valence-electron chi connectivity index (χ0n) is 26.2. The quantitative estimate of drug-likeness (QED) is 0.213. The standard InChI is InChI=1S/C32H41N7O4/c1-9-29(40)34-24-16-25(28(42-8)17-27(24)38(6)15-14-37(4)5)35-32-33-18-22(31(41)43-20(2)3)30(36-32)23-19-39(7)26-13-11-10-12-21(23)26/h10-13,16-20H,9,14-15H2,1-8H3,(H,34,40)(H,33,35,36). The van der Waals surface area contributed by atoms with Crippen LogP contribution in [0.5, 0.6) is 5.75 Å². The number of amides is 1. The van der Waals surface area contributed by atoms with Crippen LogP contribution in [0.3, 0.4) is 0 Å². The molecular formula is C32H41N7O4. The van der Waals surface area contributed by atoms with Gasteiger partial charge in [-0.3, -0.25) is 4.79 Å². The fourth-order valence-electron chi connectivity index (χ4n) is 4.69. The SMILES string of the molecule is CCC(=O)Nc1cc(Nc2ncc(C(=O)OC(C)C)c(-c3cn(C)c4ccccc34)n2)c(OC)cc1N(C)CCN(C)C. The van der Waals surface area contributed by atoms with Crippen LogP contribution in [0.1, 0.15) is 37.6 Å². The van der Waals surface area contributed by atoms with Gasteiger partial charge in [0.25, 0.3) is 0 Å². The van der Waals surface area contributed by atoms with Gasteiger partial charge in [0.1, 0.15) is 11.3 Å². The Labute approximate surface area is 252 Å². The van der Waals surface area contributed by atoms with Crippen LogP contribution in [0.2, 0.25) is 0 Å². The number of methoxy groups -OCH3 is 1. The number of esters is 1. The van der Waals surface area contributed by atoms with Gasteiger partial charge in [-0.1, -0.05) is 25.1 Å². The number of para-hydroxylation sites is 1. The molecule has 11 nitrogen and oxygen atoms in total. The molecule has 43 heavy (non-hydrogen) atoms. The topological polar surface area (TPSA) is 114 Å². The van der Waals surface area contributed by atoms with Crippen molar-refractivity contribution in [1.82, 2.24) is 19.4 Å². The molecule has 0 saturated heterocycles. The minimum Gasteiger partial charge on any atom is -0.494 e. The van der Waals surface area contributed by atoms with Gasteiger partial charge < -0.3 is 34.5 Å². The summed E-state index contributed by atoms with van der Waals surface area (Å²) in [4.78, 5) is 39.1. The van der Waals surface area contributed by atoms with Crippen molar-refractivity contribution in [2.24, 2.45) is 7.05 Å². The number of hydrogen-bond acceptors (Lipinski definition) is 9. The number of rotatable bonds is 12. The van der Waals surface area contributed by atoms with Crippen molar-refractivity contribution in [3.05, 3.63) is 54.4 Å². The Morgan fingerprint density at radius 1 is 1.07 bits per heavy atom. The van der Waals surface area contributed by atoms with E-state index < -0.39 is 5.97 Å². The second kappa shape index (κ2) is 13.6. The number of carbonyl (C=O) groups is 2. The monoisotopic (exact) mass is 587 g/mol. The lowest BCUT2D eigenvalue weighted by atomic mass is 10.1. The van der Waals surface area contributed by atoms with Gasteiger partial charge in [-0.05, 0) is 40.1 Å². The summed E-state index contributed by atoms with van der Waals surface area (Å²) in [6.07, 6.45) is 3.45. The molecule has 0 aliphatic rings. The van der Waals surface area contributed by atoms with Gasteiger partial charge in [-0.15, -0.1) is 0 Å². The molecule has 0 atom stereocenters. The largest absolute Gasteiger partial charge is 0.494 e. The Morgan fingerprint density at radius 2 is 1.81 bits per heavy atom. The van der Waals surface area contributed by atoms with Gasteiger partial charge in [0.05, 0.1) is 36.0 Å². The summed E-state index contributed by atoms with van der Waals surface area (Å²) in [7, 11) is 9.54. The minimum absolute atomic E-state index is 0.110. The number of fused-ring (bicyclic) bond motifs is 1. The summed E-state index contributed by atoms with van der Waals surface area (Å²) in [5, 5.41) is 7.22. The molecule has 0 bridgehead atoms. The van der Waals surface area contributed by atoms with E-state index in [2.05, 4.69) is 25.4 Å². The van der Waals surface area contributed by atoms with E-state index in [1.165, 1.54) is 6.20 Å². The molecule has 11 heteroatoms. The zero-order chi connectivity index (χ0) is 31.3. The van der Waals surface area contributed by atoms with Crippen LogP contribution in [0.4, 0.5) is 23.0 Å². The third-order valence-electron chi connectivity index (χ3n) is 6.96. The first-order valence-corrected chi connectivity index (χ1v) is 14.3. The Hall–Kier alpha value is -4.64. The fraction of sp³-hybridized carbons (Fsp3) is 0.375. The molecule has 2 heterocycles. The third-order valence-corrected chi connectivity index (χ3v) is 6.96. The number of likely N-dealkylation sites (N-methyl/N-ethyl adjacent to an activating group) is 2. The van der Waals surface area contributed by atoms with Crippen LogP contribution >= 0.6 is 0 Å². The highest BCUT2D eigenvalue weighted by molar-refractivity contribution is 6.03. The molecule has 2 aromatic carbocycles. The summed E-state index contributed by atoms with van der Waals surface area (Å²) < 4.78 is 13.3. The van der Waals surface area contributed by atoms with E-state index >= 15 is 0 Å². The lowest BCUT2D eigenvalue weighted by molar-refractivity contribution is -0.115. The van der Waals surface area contributed by atoms with Gasteiger partial charge in [0, 0.05) is 68.5 Å². The number of anilines is 4. The van der Waals surface area contributed by atoms with Crippen molar-refractivity contribution >= 4 is 45.8 Å². The van der Waals surface area contributed by atoms with E-state index in [4.69, 9.17) is 14.5 Å². The zero-order valence-corrected chi connectivity index (χ0v) is 26.2. The van der Waals surface area contributed by atoms with Gasteiger partial charge in [0.15, 0.2) is 0 Å². The maximum atomic E-state index is 13.1. The van der Waals surface area contributed by atoms with Crippen molar-refractivity contribution in [3.63, 3.8) is 0 Å². The number of hydrogen-bond donors (Lipinski definition) is 2. The first-order chi connectivity index (χ1) is 20.5. The molecule has 228 valence electrons. The van der Waals surface area contributed by atoms with Gasteiger partial charge in [-0.25, -0.2) is 14.8 Å². The van der Waals surface area contributed by atoms with Crippen LogP contribution in [-0.2, 0) is 16.6 Å². The predicted octanol–water partition coefficient (Wildman–Crippen LogP) is 5.30. The number of aryl methyl sites for hydroxylation is 1.